The minimum absolute atomic E-state index is 0.0707. The van der Waals surface area contributed by atoms with Crippen molar-refractivity contribution in [3.8, 4) is 0 Å². The molecule has 0 spiro atoms. The predicted molar refractivity (Wildman–Crippen MR) is 90.6 cm³/mol. The third-order valence-electron chi connectivity index (χ3n) is 5.30. The first-order chi connectivity index (χ1) is 11.2. The second-order valence-corrected chi connectivity index (χ2v) is 7.57. The van der Waals surface area contributed by atoms with Gasteiger partial charge in [-0.15, -0.1) is 11.3 Å². The lowest BCUT2D eigenvalue weighted by Crippen LogP contribution is -2.51. The molecule has 1 aliphatic carbocycles. The fraction of sp³-hybridized carbons (Fsp3) is 0.588. The maximum Gasteiger partial charge on any atom is 0.271 e. The Balaban J connectivity index is 1.56. The number of carbonyl (C=O) groups excluding carboxylic acids is 1. The second kappa shape index (κ2) is 6.07. The Morgan fingerprint density at radius 1 is 1.26 bits per heavy atom. The van der Waals surface area contributed by atoms with E-state index in [1.165, 1.54) is 47.9 Å². The molecule has 23 heavy (non-hydrogen) atoms. The van der Waals surface area contributed by atoms with Crippen molar-refractivity contribution in [3.63, 3.8) is 0 Å². The summed E-state index contributed by atoms with van der Waals surface area (Å²) in [5.74, 6) is 0.734. The molecule has 0 aromatic carbocycles. The summed E-state index contributed by atoms with van der Waals surface area (Å²) in [7, 11) is 0. The number of hydrogen-bond donors (Lipinski definition) is 0. The molecule has 1 amide bonds. The molecule has 1 aliphatic heterocycles. The van der Waals surface area contributed by atoms with E-state index in [1.54, 1.807) is 0 Å². The smallest absolute Gasteiger partial charge is 0.271 e. The Morgan fingerprint density at radius 2 is 2.09 bits per heavy atom. The fourth-order valence-electron chi connectivity index (χ4n) is 4.16. The highest BCUT2D eigenvalue weighted by molar-refractivity contribution is 7.17. The van der Waals surface area contributed by atoms with E-state index in [-0.39, 0.29) is 18.0 Å². The van der Waals surface area contributed by atoms with E-state index in [2.05, 4.69) is 4.98 Å². The van der Waals surface area contributed by atoms with Crippen molar-refractivity contribution >= 4 is 27.5 Å². The zero-order valence-corrected chi connectivity index (χ0v) is 13.9. The van der Waals surface area contributed by atoms with Crippen molar-refractivity contribution in [3.05, 3.63) is 28.1 Å². The summed E-state index contributed by atoms with van der Waals surface area (Å²) in [6, 6.07) is 2.23. The normalized spacial score (nSPS) is 24.6. The number of piperidine rings is 1. The Kier molecular flexibility index (Phi) is 3.93. The number of aromatic nitrogens is 2. The maximum absolute atomic E-state index is 12.8. The minimum atomic E-state index is -0.101. The van der Waals surface area contributed by atoms with Crippen LogP contribution in [0.5, 0.6) is 0 Å². The highest BCUT2D eigenvalue weighted by atomic mass is 32.1. The highest BCUT2D eigenvalue weighted by Crippen LogP contribution is 2.35. The standard InChI is InChI=1S/C17H21N3O2S/c21-15(20-8-3-5-12-4-1-2-6-14(12)20)10-19-11-18-13-7-9-23-16(13)17(19)22/h7,9,11-12,14H,1-6,8,10H2/t12-,14+/m1/s1. The van der Waals surface area contributed by atoms with Crippen LogP contribution < -0.4 is 5.56 Å². The van der Waals surface area contributed by atoms with Crippen LogP contribution in [-0.2, 0) is 11.3 Å². The number of thiophene rings is 1. The quantitative estimate of drug-likeness (QED) is 0.850. The number of likely N-dealkylation sites (tertiary alicyclic amines) is 1. The van der Waals surface area contributed by atoms with Crippen LogP contribution in [0.1, 0.15) is 38.5 Å². The van der Waals surface area contributed by atoms with E-state index >= 15 is 0 Å². The van der Waals surface area contributed by atoms with Gasteiger partial charge in [0.15, 0.2) is 0 Å². The van der Waals surface area contributed by atoms with Crippen molar-refractivity contribution in [1.29, 1.82) is 0 Å². The van der Waals surface area contributed by atoms with Gasteiger partial charge in [-0.25, -0.2) is 4.98 Å². The molecular formula is C17H21N3O2S. The molecule has 1 saturated heterocycles. The molecule has 2 aromatic rings. The SMILES string of the molecule is O=C(Cn1cnc2ccsc2c1=O)N1CCC[C@H]2CCCC[C@@H]21. The van der Waals surface area contributed by atoms with Gasteiger partial charge in [0.2, 0.25) is 5.91 Å². The lowest BCUT2D eigenvalue weighted by atomic mass is 9.78. The predicted octanol–water partition coefficient (Wildman–Crippen LogP) is 2.64. The van der Waals surface area contributed by atoms with E-state index in [9.17, 15) is 9.59 Å². The van der Waals surface area contributed by atoms with Gasteiger partial charge in [-0.3, -0.25) is 14.2 Å². The van der Waals surface area contributed by atoms with E-state index in [4.69, 9.17) is 0 Å². The van der Waals surface area contributed by atoms with Gasteiger partial charge in [-0.05, 0) is 43.0 Å². The third kappa shape index (κ3) is 2.69. The lowest BCUT2D eigenvalue weighted by molar-refractivity contribution is -0.138. The van der Waals surface area contributed by atoms with Gasteiger partial charge in [0.1, 0.15) is 11.2 Å². The number of amides is 1. The minimum Gasteiger partial charge on any atom is -0.338 e. The molecular weight excluding hydrogens is 310 g/mol. The van der Waals surface area contributed by atoms with Crippen LogP contribution in [0.4, 0.5) is 0 Å². The summed E-state index contributed by atoms with van der Waals surface area (Å²) in [4.78, 5) is 31.6. The molecule has 2 atom stereocenters. The van der Waals surface area contributed by atoms with Crippen LogP contribution in [0.25, 0.3) is 10.2 Å². The first-order valence-electron chi connectivity index (χ1n) is 8.46. The van der Waals surface area contributed by atoms with E-state index in [0.717, 1.165) is 19.4 Å². The highest BCUT2D eigenvalue weighted by Gasteiger charge is 2.35. The van der Waals surface area contributed by atoms with Gasteiger partial charge >= 0.3 is 0 Å². The van der Waals surface area contributed by atoms with Crippen molar-refractivity contribution in [2.75, 3.05) is 6.54 Å². The molecule has 2 aliphatic rings. The topological polar surface area (TPSA) is 55.2 Å². The van der Waals surface area contributed by atoms with Crippen molar-refractivity contribution < 1.29 is 4.79 Å². The molecule has 3 heterocycles. The Labute approximate surface area is 138 Å². The lowest BCUT2D eigenvalue weighted by Gasteiger charge is -2.44. The van der Waals surface area contributed by atoms with Crippen LogP contribution in [0, 0.1) is 5.92 Å². The van der Waals surface area contributed by atoms with Gasteiger partial charge in [-0.2, -0.15) is 0 Å². The molecule has 0 bridgehead atoms. The Bertz CT molecular complexity index is 779. The molecule has 6 heteroatoms. The largest absolute Gasteiger partial charge is 0.338 e. The van der Waals surface area contributed by atoms with Crippen LogP contribution in [0.3, 0.4) is 0 Å². The maximum atomic E-state index is 12.8. The summed E-state index contributed by atoms with van der Waals surface area (Å²) < 4.78 is 2.10. The molecule has 2 fully saturated rings. The van der Waals surface area contributed by atoms with Crippen LogP contribution in [0.15, 0.2) is 22.6 Å². The monoisotopic (exact) mass is 331 g/mol. The molecule has 2 aromatic heterocycles. The average molecular weight is 331 g/mol. The van der Waals surface area contributed by atoms with Gasteiger partial charge in [0, 0.05) is 12.6 Å². The molecule has 4 rings (SSSR count). The van der Waals surface area contributed by atoms with E-state index < -0.39 is 0 Å². The number of hydrogen-bond acceptors (Lipinski definition) is 4. The summed E-state index contributed by atoms with van der Waals surface area (Å²) in [6.45, 7) is 0.951. The van der Waals surface area contributed by atoms with Crippen molar-refractivity contribution in [1.82, 2.24) is 14.5 Å². The number of nitrogens with zero attached hydrogens (tertiary/aromatic N) is 3. The first-order valence-corrected chi connectivity index (χ1v) is 9.34. The van der Waals surface area contributed by atoms with Crippen LogP contribution >= 0.6 is 11.3 Å². The summed E-state index contributed by atoms with van der Waals surface area (Å²) >= 11 is 1.39. The average Bonchev–Trinajstić information content (AvgIpc) is 3.06. The molecule has 0 unspecified atom stereocenters. The zero-order chi connectivity index (χ0) is 15.8. The number of carbonyl (C=O) groups is 1. The Hall–Kier alpha value is -1.69. The molecule has 0 radical (unpaired) electrons. The van der Waals surface area contributed by atoms with Gasteiger partial charge in [0.05, 0.1) is 11.8 Å². The van der Waals surface area contributed by atoms with Crippen molar-refractivity contribution in [2.24, 2.45) is 5.92 Å². The van der Waals surface area contributed by atoms with Gasteiger partial charge < -0.3 is 4.90 Å². The first kappa shape index (κ1) is 14.9. The van der Waals surface area contributed by atoms with Gasteiger partial charge in [0.25, 0.3) is 5.56 Å². The number of rotatable bonds is 2. The van der Waals surface area contributed by atoms with E-state index in [1.807, 2.05) is 16.3 Å². The second-order valence-electron chi connectivity index (χ2n) is 6.65. The van der Waals surface area contributed by atoms with Crippen LogP contribution in [-0.4, -0.2) is 32.9 Å². The van der Waals surface area contributed by atoms with E-state index in [0.29, 0.717) is 22.2 Å². The third-order valence-corrected chi connectivity index (χ3v) is 6.20. The number of fused-ring (bicyclic) bond motifs is 2. The molecule has 122 valence electrons. The van der Waals surface area contributed by atoms with Crippen LogP contribution in [0.2, 0.25) is 0 Å². The molecule has 0 N–H and O–H groups in total. The summed E-state index contributed by atoms with van der Waals surface area (Å²) in [5, 5.41) is 1.86. The zero-order valence-electron chi connectivity index (χ0n) is 13.1. The Morgan fingerprint density at radius 3 is 3.00 bits per heavy atom. The summed E-state index contributed by atoms with van der Waals surface area (Å²) in [6.07, 6.45) is 8.72. The summed E-state index contributed by atoms with van der Waals surface area (Å²) in [5.41, 5.74) is 0.615. The van der Waals surface area contributed by atoms with Gasteiger partial charge in [-0.1, -0.05) is 12.8 Å². The fourth-order valence-corrected chi connectivity index (χ4v) is 4.96. The molecule has 5 nitrogen and oxygen atoms in total. The van der Waals surface area contributed by atoms with Crippen molar-refractivity contribution in [2.45, 2.75) is 51.1 Å². The molecule has 1 saturated carbocycles.